The highest BCUT2D eigenvalue weighted by atomic mass is 35.5. The van der Waals surface area contributed by atoms with Crippen molar-refractivity contribution < 1.29 is 18.7 Å². The average Bonchev–Trinajstić information content (AvgIpc) is 3.16. The van der Waals surface area contributed by atoms with Crippen LogP contribution >= 0.6 is 11.6 Å². The van der Waals surface area contributed by atoms with Crippen LogP contribution in [0.25, 0.3) is 0 Å². The number of rotatable bonds is 6. The van der Waals surface area contributed by atoms with E-state index in [1.807, 2.05) is 24.3 Å². The highest BCUT2D eigenvalue weighted by Gasteiger charge is 2.25. The Morgan fingerprint density at radius 1 is 1.35 bits per heavy atom. The molecule has 1 saturated heterocycles. The predicted octanol–water partition coefficient (Wildman–Crippen LogP) is 4.31. The van der Waals surface area contributed by atoms with Crippen molar-refractivity contribution in [1.82, 2.24) is 4.90 Å². The molecule has 0 aromatic heterocycles. The van der Waals surface area contributed by atoms with E-state index in [0.717, 1.165) is 18.4 Å². The summed E-state index contributed by atoms with van der Waals surface area (Å²) < 4.78 is 25.1. The highest BCUT2D eigenvalue weighted by molar-refractivity contribution is 6.31. The average molecular weight is 378 g/mol. The maximum absolute atomic E-state index is 14.2. The van der Waals surface area contributed by atoms with Crippen LogP contribution in [-0.2, 0) is 11.3 Å². The number of benzene rings is 2. The summed E-state index contributed by atoms with van der Waals surface area (Å²) in [5.41, 5.74) is 0.872. The Kier molecular flexibility index (Phi) is 6.12. The number of ether oxygens (including phenoxy) is 2. The van der Waals surface area contributed by atoms with Crippen molar-refractivity contribution in [2.45, 2.75) is 25.5 Å². The third kappa shape index (κ3) is 4.54. The number of methoxy groups -OCH3 is 1. The van der Waals surface area contributed by atoms with E-state index in [1.165, 1.54) is 18.2 Å². The minimum atomic E-state index is -0.581. The molecule has 2 aromatic rings. The molecule has 1 heterocycles. The monoisotopic (exact) mass is 377 g/mol. The van der Waals surface area contributed by atoms with Crippen molar-refractivity contribution in [3.63, 3.8) is 0 Å². The van der Waals surface area contributed by atoms with E-state index in [0.29, 0.717) is 30.5 Å². The van der Waals surface area contributed by atoms with Crippen molar-refractivity contribution in [2.75, 3.05) is 20.3 Å². The number of hydrogen-bond donors (Lipinski definition) is 0. The lowest BCUT2D eigenvalue weighted by atomic mass is 10.1. The molecule has 1 fully saturated rings. The molecule has 4 nitrogen and oxygen atoms in total. The van der Waals surface area contributed by atoms with Crippen LogP contribution in [0.4, 0.5) is 4.39 Å². The van der Waals surface area contributed by atoms with Crippen LogP contribution in [-0.4, -0.2) is 37.2 Å². The van der Waals surface area contributed by atoms with Gasteiger partial charge in [0.05, 0.1) is 18.8 Å². The fraction of sp³-hybridized carbons (Fsp3) is 0.350. The first kappa shape index (κ1) is 18.7. The molecule has 0 saturated carbocycles. The Labute approximate surface area is 157 Å². The Balaban J connectivity index is 1.86. The van der Waals surface area contributed by atoms with Crippen LogP contribution in [0, 0.1) is 5.82 Å². The van der Waals surface area contributed by atoms with Crippen molar-refractivity contribution in [3.05, 3.63) is 64.4 Å². The molecular formula is C20H21ClFNO3. The van der Waals surface area contributed by atoms with Gasteiger partial charge >= 0.3 is 0 Å². The predicted molar refractivity (Wildman–Crippen MR) is 98.1 cm³/mol. The Morgan fingerprint density at radius 2 is 2.19 bits per heavy atom. The van der Waals surface area contributed by atoms with Crippen LogP contribution in [0.15, 0.2) is 42.5 Å². The minimum Gasteiger partial charge on any atom is -0.497 e. The van der Waals surface area contributed by atoms with E-state index in [9.17, 15) is 9.18 Å². The van der Waals surface area contributed by atoms with Gasteiger partial charge in [0.15, 0.2) is 0 Å². The maximum Gasteiger partial charge on any atom is 0.257 e. The summed E-state index contributed by atoms with van der Waals surface area (Å²) in [5.74, 6) is -0.272. The zero-order chi connectivity index (χ0) is 18.5. The summed E-state index contributed by atoms with van der Waals surface area (Å²) in [6.07, 6.45) is 1.82. The second kappa shape index (κ2) is 8.52. The molecule has 2 aromatic carbocycles. The van der Waals surface area contributed by atoms with Crippen LogP contribution in [0.3, 0.4) is 0 Å². The zero-order valence-corrected chi connectivity index (χ0v) is 15.3. The van der Waals surface area contributed by atoms with E-state index in [2.05, 4.69) is 0 Å². The molecule has 0 radical (unpaired) electrons. The molecule has 1 unspecified atom stereocenters. The molecule has 0 aliphatic carbocycles. The second-order valence-electron chi connectivity index (χ2n) is 6.30. The molecule has 1 aliphatic heterocycles. The van der Waals surface area contributed by atoms with Gasteiger partial charge < -0.3 is 14.4 Å². The van der Waals surface area contributed by atoms with Gasteiger partial charge in [-0.05, 0) is 48.7 Å². The van der Waals surface area contributed by atoms with Gasteiger partial charge in [0.25, 0.3) is 5.91 Å². The number of carbonyl (C=O) groups is 1. The summed E-state index contributed by atoms with van der Waals surface area (Å²) in [6.45, 7) is 1.43. The van der Waals surface area contributed by atoms with Crippen molar-refractivity contribution in [2.24, 2.45) is 0 Å². The summed E-state index contributed by atoms with van der Waals surface area (Å²) in [5, 5.41) is 0.327. The molecule has 0 N–H and O–H groups in total. The number of carbonyl (C=O) groups excluding carboxylic acids is 1. The van der Waals surface area contributed by atoms with E-state index >= 15 is 0 Å². The van der Waals surface area contributed by atoms with Gasteiger partial charge in [-0.15, -0.1) is 0 Å². The first-order valence-corrected chi connectivity index (χ1v) is 8.93. The number of amides is 1. The van der Waals surface area contributed by atoms with Crippen molar-refractivity contribution >= 4 is 17.5 Å². The van der Waals surface area contributed by atoms with Gasteiger partial charge in [0.2, 0.25) is 0 Å². The molecule has 0 bridgehead atoms. The van der Waals surface area contributed by atoms with Crippen LogP contribution in [0.2, 0.25) is 5.02 Å². The first-order valence-electron chi connectivity index (χ1n) is 8.55. The van der Waals surface area contributed by atoms with Crippen LogP contribution in [0.5, 0.6) is 5.75 Å². The van der Waals surface area contributed by atoms with Gasteiger partial charge in [-0.25, -0.2) is 4.39 Å². The van der Waals surface area contributed by atoms with E-state index in [-0.39, 0.29) is 11.7 Å². The molecule has 1 amide bonds. The molecule has 26 heavy (non-hydrogen) atoms. The Morgan fingerprint density at radius 3 is 2.92 bits per heavy atom. The maximum atomic E-state index is 14.2. The lowest BCUT2D eigenvalue weighted by Gasteiger charge is -2.26. The molecule has 1 atom stereocenters. The summed E-state index contributed by atoms with van der Waals surface area (Å²) >= 11 is 5.96. The summed E-state index contributed by atoms with van der Waals surface area (Å²) in [7, 11) is 1.59. The fourth-order valence-corrected chi connectivity index (χ4v) is 3.25. The SMILES string of the molecule is COc1cccc(CN(CC2CCCO2)C(=O)c2cc(Cl)ccc2F)c1. The number of halogens is 2. The first-order chi connectivity index (χ1) is 12.6. The van der Waals surface area contributed by atoms with E-state index in [1.54, 1.807) is 12.0 Å². The Bertz CT molecular complexity index is 777. The van der Waals surface area contributed by atoms with Gasteiger partial charge in [-0.1, -0.05) is 23.7 Å². The molecule has 0 spiro atoms. The smallest absolute Gasteiger partial charge is 0.257 e. The molecule has 6 heteroatoms. The van der Waals surface area contributed by atoms with Crippen molar-refractivity contribution in [3.8, 4) is 5.75 Å². The van der Waals surface area contributed by atoms with Crippen LogP contribution < -0.4 is 4.74 Å². The van der Waals surface area contributed by atoms with Crippen LogP contribution in [0.1, 0.15) is 28.8 Å². The molecular weight excluding hydrogens is 357 g/mol. The van der Waals surface area contributed by atoms with Gasteiger partial charge in [-0.3, -0.25) is 4.79 Å². The largest absolute Gasteiger partial charge is 0.497 e. The number of nitrogens with zero attached hydrogens (tertiary/aromatic N) is 1. The summed E-state index contributed by atoms with van der Waals surface area (Å²) in [6, 6.07) is 11.5. The summed E-state index contributed by atoms with van der Waals surface area (Å²) in [4.78, 5) is 14.6. The third-order valence-electron chi connectivity index (χ3n) is 4.40. The topological polar surface area (TPSA) is 38.8 Å². The Hall–Kier alpha value is -2.11. The second-order valence-corrected chi connectivity index (χ2v) is 6.73. The van der Waals surface area contributed by atoms with Crippen molar-refractivity contribution in [1.29, 1.82) is 0 Å². The minimum absolute atomic E-state index is 0.0293. The highest BCUT2D eigenvalue weighted by Crippen LogP contribution is 2.22. The number of hydrogen-bond acceptors (Lipinski definition) is 3. The quantitative estimate of drug-likeness (QED) is 0.753. The van der Waals surface area contributed by atoms with E-state index < -0.39 is 11.7 Å². The standard InChI is InChI=1S/C20H21ClFNO3/c1-25-16-5-2-4-14(10-16)12-23(13-17-6-3-9-26-17)20(24)18-11-15(21)7-8-19(18)22/h2,4-5,7-8,10-11,17H,3,6,9,12-13H2,1H3. The lowest BCUT2D eigenvalue weighted by molar-refractivity contribution is 0.0503. The van der Waals surface area contributed by atoms with E-state index in [4.69, 9.17) is 21.1 Å². The zero-order valence-electron chi connectivity index (χ0n) is 14.6. The van der Waals surface area contributed by atoms with Gasteiger partial charge in [0.1, 0.15) is 11.6 Å². The van der Waals surface area contributed by atoms with Gasteiger partial charge in [0, 0.05) is 24.7 Å². The fourth-order valence-electron chi connectivity index (χ4n) is 3.08. The molecule has 138 valence electrons. The van der Waals surface area contributed by atoms with Gasteiger partial charge in [-0.2, -0.15) is 0 Å². The molecule has 1 aliphatic rings. The normalized spacial score (nSPS) is 16.5. The third-order valence-corrected chi connectivity index (χ3v) is 4.64. The molecule has 3 rings (SSSR count). The lowest BCUT2D eigenvalue weighted by Crippen LogP contribution is -2.37.